The van der Waals surface area contributed by atoms with E-state index < -0.39 is 0 Å². The molecule has 8 nitrogen and oxygen atoms in total. The first-order valence-electron chi connectivity index (χ1n) is 8.60. The summed E-state index contributed by atoms with van der Waals surface area (Å²) in [7, 11) is 3.83. The first-order chi connectivity index (χ1) is 12.6. The number of nitrogens with zero attached hydrogens (tertiary/aromatic N) is 6. The zero-order chi connectivity index (χ0) is 18.1. The molecule has 1 unspecified atom stereocenters. The summed E-state index contributed by atoms with van der Waals surface area (Å²) in [4.78, 5) is 29.7. The van der Waals surface area contributed by atoms with Crippen LogP contribution in [0.4, 0.5) is 17.6 Å². The number of aromatic nitrogens is 4. The van der Waals surface area contributed by atoms with Gasteiger partial charge in [-0.3, -0.25) is 9.20 Å². The summed E-state index contributed by atoms with van der Waals surface area (Å²) < 4.78 is 1.55. The molecular weight excluding hydrogens is 330 g/mol. The number of pyridine rings is 1. The summed E-state index contributed by atoms with van der Waals surface area (Å²) in [5.41, 5.74) is 0.603. The minimum absolute atomic E-state index is 0.0616. The van der Waals surface area contributed by atoms with Gasteiger partial charge in [-0.05, 0) is 24.6 Å². The maximum atomic E-state index is 12.3. The third-order valence-corrected chi connectivity index (χ3v) is 4.46. The maximum Gasteiger partial charge on any atom is 0.259 e. The molecule has 0 saturated carbocycles. The molecule has 1 fully saturated rings. The van der Waals surface area contributed by atoms with Crippen LogP contribution in [0.15, 0.2) is 47.5 Å². The lowest BCUT2D eigenvalue weighted by Crippen LogP contribution is -2.28. The SMILES string of the molecule is CN(C)c1nccc(NC2CCN(c3cc(=O)n4ccccc4n3)C2)n1. The van der Waals surface area contributed by atoms with Gasteiger partial charge in [0.25, 0.3) is 5.56 Å². The van der Waals surface area contributed by atoms with Gasteiger partial charge in [0, 0.05) is 51.7 Å². The van der Waals surface area contributed by atoms with E-state index in [1.165, 1.54) is 0 Å². The average Bonchev–Trinajstić information content (AvgIpc) is 3.10. The van der Waals surface area contributed by atoms with Gasteiger partial charge in [-0.15, -0.1) is 0 Å². The van der Waals surface area contributed by atoms with Crippen LogP contribution in [0.1, 0.15) is 6.42 Å². The van der Waals surface area contributed by atoms with Crippen LogP contribution in [0.3, 0.4) is 0 Å². The third-order valence-electron chi connectivity index (χ3n) is 4.46. The summed E-state index contributed by atoms with van der Waals surface area (Å²) in [5.74, 6) is 2.21. The van der Waals surface area contributed by atoms with Crippen molar-refractivity contribution in [2.24, 2.45) is 0 Å². The Morgan fingerprint density at radius 3 is 2.96 bits per heavy atom. The van der Waals surface area contributed by atoms with Crippen molar-refractivity contribution >= 4 is 23.2 Å². The fourth-order valence-corrected chi connectivity index (χ4v) is 3.14. The summed E-state index contributed by atoms with van der Waals surface area (Å²) in [5, 5.41) is 3.46. The first kappa shape index (κ1) is 16.3. The summed E-state index contributed by atoms with van der Waals surface area (Å²) in [6.07, 6.45) is 4.45. The lowest BCUT2D eigenvalue weighted by Gasteiger charge is -2.19. The molecule has 0 bridgehead atoms. The standard InChI is InChI=1S/C18H21N7O/c1-23(2)18-19-8-6-14(21-18)20-13-7-10-24(12-13)16-11-17(26)25-9-4-3-5-15(25)22-16/h3-6,8-9,11,13H,7,10,12H2,1-2H3,(H,19,20,21). The normalized spacial score (nSPS) is 16.8. The zero-order valence-electron chi connectivity index (χ0n) is 14.8. The zero-order valence-corrected chi connectivity index (χ0v) is 14.8. The van der Waals surface area contributed by atoms with Crippen LogP contribution < -0.4 is 20.7 Å². The molecule has 1 N–H and O–H groups in total. The largest absolute Gasteiger partial charge is 0.365 e. The van der Waals surface area contributed by atoms with Crippen molar-refractivity contribution in [2.75, 3.05) is 42.3 Å². The third kappa shape index (κ3) is 3.17. The van der Waals surface area contributed by atoms with Crippen LogP contribution in [-0.4, -0.2) is 52.6 Å². The molecule has 3 aromatic rings. The molecule has 4 rings (SSSR count). The van der Waals surface area contributed by atoms with Gasteiger partial charge in [-0.1, -0.05) is 6.07 Å². The Balaban J connectivity index is 1.50. The van der Waals surface area contributed by atoms with Crippen LogP contribution in [0.5, 0.6) is 0 Å². The lowest BCUT2D eigenvalue weighted by atomic mass is 10.2. The summed E-state index contributed by atoms with van der Waals surface area (Å²) >= 11 is 0. The molecule has 0 spiro atoms. The topological polar surface area (TPSA) is 78.7 Å². The second kappa shape index (κ2) is 6.62. The Morgan fingerprint density at radius 2 is 2.12 bits per heavy atom. The Bertz CT molecular complexity index is 984. The summed E-state index contributed by atoms with van der Waals surface area (Å²) in [6.45, 7) is 1.62. The van der Waals surface area contributed by atoms with E-state index >= 15 is 0 Å². The van der Waals surface area contributed by atoms with Gasteiger partial charge in [0.05, 0.1) is 0 Å². The Kier molecular flexibility index (Phi) is 4.16. The van der Waals surface area contributed by atoms with Crippen LogP contribution in [0, 0.1) is 0 Å². The fraction of sp³-hybridized carbons (Fsp3) is 0.333. The van der Waals surface area contributed by atoms with Crippen LogP contribution in [0.25, 0.3) is 5.65 Å². The number of nitrogens with one attached hydrogen (secondary N) is 1. The van der Waals surface area contributed by atoms with Crippen molar-refractivity contribution in [3.8, 4) is 0 Å². The van der Waals surface area contributed by atoms with E-state index in [0.29, 0.717) is 11.6 Å². The molecule has 134 valence electrons. The minimum atomic E-state index is -0.0616. The molecule has 1 atom stereocenters. The van der Waals surface area contributed by atoms with Crippen LogP contribution in [0.2, 0.25) is 0 Å². The molecule has 8 heteroatoms. The van der Waals surface area contributed by atoms with Crippen molar-refractivity contribution in [3.63, 3.8) is 0 Å². The van der Waals surface area contributed by atoms with Gasteiger partial charge in [0.1, 0.15) is 17.3 Å². The van der Waals surface area contributed by atoms with Crippen molar-refractivity contribution in [2.45, 2.75) is 12.5 Å². The highest BCUT2D eigenvalue weighted by molar-refractivity contribution is 5.50. The van der Waals surface area contributed by atoms with E-state index in [0.717, 1.165) is 31.1 Å². The number of hydrogen-bond donors (Lipinski definition) is 1. The summed E-state index contributed by atoms with van der Waals surface area (Å²) in [6, 6.07) is 9.28. The molecule has 26 heavy (non-hydrogen) atoms. The second-order valence-electron chi connectivity index (χ2n) is 6.59. The maximum absolute atomic E-state index is 12.3. The molecular formula is C18H21N7O. The molecule has 1 aliphatic heterocycles. The van der Waals surface area contributed by atoms with E-state index in [1.807, 2.05) is 43.3 Å². The second-order valence-corrected chi connectivity index (χ2v) is 6.59. The highest BCUT2D eigenvalue weighted by Crippen LogP contribution is 2.20. The molecule has 1 saturated heterocycles. The van der Waals surface area contributed by atoms with E-state index in [4.69, 9.17) is 0 Å². The van der Waals surface area contributed by atoms with Crippen molar-refractivity contribution in [1.82, 2.24) is 19.4 Å². The number of fused-ring (bicyclic) bond motifs is 1. The van der Waals surface area contributed by atoms with E-state index in [2.05, 4.69) is 25.2 Å². The Hall–Kier alpha value is -3.16. The molecule has 1 aliphatic rings. The molecule has 3 aromatic heterocycles. The highest BCUT2D eigenvalue weighted by atomic mass is 16.1. The van der Waals surface area contributed by atoms with Gasteiger partial charge in [0.2, 0.25) is 5.95 Å². The van der Waals surface area contributed by atoms with Gasteiger partial charge < -0.3 is 15.1 Å². The van der Waals surface area contributed by atoms with Gasteiger partial charge in [0.15, 0.2) is 0 Å². The van der Waals surface area contributed by atoms with Gasteiger partial charge in [-0.2, -0.15) is 4.98 Å². The van der Waals surface area contributed by atoms with E-state index in [-0.39, 0.29) is 11.6 Å². The quantitative estimate of drug-likeness (QED) is 0.758. The minimum Gasteiger partial charge on any atom is -0.365 e. The van der Waals surface area contributed by atoms with Crippen LogP contribution >= 0.6 is 0 Å². The van der Waals surface area contributed by atoms with Crippen LogP contribution in [-0.2, 0) is 0 Å². The first-order valence-corrected chi connectivity index (χ1v) is 8.60. The van der Waals surface area contributed by atoms with Crippen molar-refractivity contribution < 1.29 is 0 Å². The number of anilines is 3. The van der Waals surface area contributed by atoms with E-state index in [1.54, 1.807) is 22.9 Å². The molecule has 0 aliphatic carbocycles. The van der Waals surface area contributed by atoms with Gasteiger partial charge >= 0.3 is 0 Å². The molecule has 0 aromatic carbocycles. The van der Waals surface area contributed by atoms with Gasteiger partial charge in [-0.25, -0.2) is 9.97 Å². The Labute approximate surface area is 151 Å². The monoisotopic (exact) mass is 351 g/mol. The number of rotatable bonds is 4. The molecule has 4 heterocycles. The fourth-order valence-electron chi connectivity index (χ4n) is 3.14. The molecule has 0 amide bonds. The van der Waals surface area contributed by atoms with E-state index in [9.17, 15) is 4.79 Å². The lowest BCUT2D eigenvalue weighted by molar-refractivity contribution is 0.797. The number of hydrogen-bond acceptors (Lipinski definition) is 7. The molecule has 0 radical (unpaired) electrons. The average molecular weight is 351 g/mol. The predicted octanol–water partition coefficient (Wildman–Crippen LogP) is 1.24. The van der Waals surface area contributed by atoms with Crippen molar-refractivity contribution in [1.29, 1.82) is 0 Å². The van der Waals surface area contributed by atoms with Crippen molar-refractivity contribution in [3.05, 3.63) is 53.1 Å². The Morgan fingerprint density at radius 1 is 1.23 bits per heavy atom. The highest BCUT2D eigenvalue weighted by Gasteiger charge is 2.24. The smallest absolute Gasteiger partial charge is 0.259 e. The predicted molar refractivity (Wildman–Crippen MR) is 102 cm³/mol.